The zero-order chi connectivity index (χ0) is 12.3. The summed E-state index contributed by atoms with van der Waals surface area (Å²) < 4.78 is 4.06. The van der Waals surface area contributed by atoms with Gasteiger partial charge in [-0.1, -0.05) is 17.0 Å². The van der Waals surface area contributed by atoms with Crippen molar-refractivity contribution >= 4 is 40.9 Å². The summed E-state index contributed by atoms with van der Waals surface area (Å²) in [5.74, 6) is -2.37. The largest absolute Gasteiger partial charge is 0.428 e. The fourth-order valence-corrected chi connectivity index (χ4v) is 1.75. The van der Waals surface area contributed by atoms with E-state index in [9.17, 15) is 14.4 Å². The third-order valence-electron chi connectivity index (χ3n) is 1.82. The molecule has 0 saturated carbocycles. The van der Waals surface area contributed by atoms with Crippen molar-refractivity contribution in [1.82, 2.24) is 5.06 Å². The normalized spacial score (nSPS) is 25.1. The van der Waals surface area contributed by atoms with Crippen molar-refractivity contribution in [3.8, 4) is 0 Å². The van der Waals surface area contributed by atoms with Crippen LogP contribution in [0.1, 0.15) is 6.92 Å². The first-order valence-electron chi connectivity index (χ1n) is 3.87. The standard InChI is InChI=1S/C6H6ClNO7S/c1-2-3(16-15-14-12)5(10)8(4(2)9)13-6(7)11/h2-3,12H,1H3. The van der Waals surface area contributed by atoms with Crippen molar-refractivity contribution in [2.75, 3.05) is 0 Å². The summed E-state index contributed by atoms with van der Waals surface area (Å²) in [6, 6.07) is 0. The molecule has 0 aromatic rings. The Hall–Kier alpha value is -0.870. The molecule has 1 heterocycles. The van der Waals surface area contributed by atoms with Crippen LogP contribution in [0.4, 0.5) is 4.79 Å². The molecule has 1 aliphatic rings. The van der Waals surface area contributed by atoms with Crippen LogP contribution in [0, 0.1) is 5.92 Å². The average Bonchev–Trinajstić information content (AvgIpc) is 2.41. The molecule has 0 spiro atoms. The zero-order valence-corrected chi connectivity index (χ0v) is 9.36. The van der Waals surface area contributed by atoms with Gasteiger partial charge in [0.25, 0.3) is 11.8 Å². The van der Waals surface area contributed by atoms with E-state index in [1.54, 1.807) is 0 Å². The molecular formula is C6H6ClNO7S. The second kappa shape index (κ2) is 5.46. The fourth-order valence-electron chi connectivity index (χ4n) is 1.10. The summed E-state index contributed by atoms with van der Waals surface area (Å²) >= 11 is 5.29. The molecule has 1 fully saturated rings. The van der Waals surface area contributed by atoms with Crippen LogP contribution in [0.15, 0.2) is 0 Å². The van der Waals surface area contributed by atoms with E-state index in [4.69, 9.17) is 16.9 Å². The maximum Gasteiger partial charge on any atom is 0.428 e. The first-order valence-corrected chi connectivity index (χ1v) is 5.06. The molecule has 10 heteroatoms. The Morgan fingerprint density at radius 2 is 2.12 bits per heavy atom. The number of nitrogens with zero attached hydrogens (tertiary/aromatic N) is 1. The third-order valence-corrected chi connectivity index (χ3v) is 2.85. The molecule has 1 N–H and O–H groups in total. The lowest BCUT2D eigenvalue weighted by molar-refractivity contribution is -0.432. The molecule has 1 rings (SSSR count). The Bertz CT molecular complexity index is 324. The van der Waals surface area contributed by atoms with Gasteiger partial charge in [0.1, 0.15) is 5.25 Å². The highest BCUT2D eigenvalue weighted by molar-refractivity contribution is 7.96. The van der Waals surface area contributed by atoms with Gasteiger partial charge in [-0.05, 0) is 0 Å². The molecule has 0 radical (unpaired) electrons. The number of halogens is 1. The van der Waals surface area contributed by atoms with E-state index < -0.39 is 28.4 Å². The number of carbonyl (C=O) groups excluding carboxylic acids is 3. The Balaban J connectivity index is 2.73. The van der Waals surface area contributed by atoms with Gasteiger partial charge in [0.2, 0.25) is 0 Å². The Kier molecular flexibility index (Phi) is 4.50. The van der Waals surface area contributed by atoms with Gasteiger partial charge in [0.05, 0.1) is 5.92 Å². The highest BCUT2D eigenvalue weighted by Crippen LogP contribution is 2.31. The van der Waals surface area contributed by atoms with E-state index in [-0.39, 0.29) is 5.06 Å². The van der Waals surface area contributed by atoms with E-state index >= 15 is 0 Å². The summed E-state index contributed by atoms with van der Waals surface area (Å²) in [5, 5.41) is 10.5. The molecule has 2 atom stereocenters. The summed E-state index contributed by atoms with van der Waals surface area (Å²) in [4.78, 5) is 37.5. The van der Waals surface area contributed by atoms with E-state index in [1.165, 1.54) is 6.92 Å². The molecule has 0 aromatic heterocycles. The van der Waals surface area contributed by atoms with Gasteiger partial charge < -0.3 is 4.84 Å². The monoisotopic (exact) mass is 271 g/mol. The number of amides is 2. The maximum atomic E-state index is 11.5. The Labute approximate surface area is 98.4 Å². The van der Waals surface area contributed by atoms with Crippen LogP contribution >= 0.6 is 23.6 Å². The average molecular weight is 272 g/mol. The van der Waals surface area contributed by atoms with Gasteiger partial charge in [-0.3, -0.25) is 9.59 Å². The first kappa shape index (κ1) is 13.2. The van der Waals surface area contributed by atoms with E-state index in [2.05, 4.69) is 14.2 Å². The number of carbonyl (C=O) groups is 3. The van der Waals surface area contributed by atoms with Crippen molar-refractivity contribution in [2.24, 2.45) is 5.92 Å². The van der Waals surface area contributed by atoms with Crippen LogP contribution in [0.25, 0.3) is 0 Å². The maximum absolute atomic E-state index is 11.5. The van der Waals surface area contributed by atoms with Crippen LogP contribution < -0.4 is 0 Å². The SMILES string of the molecule is CC1C(=O)N(OC(=O)Cl)C(=O)C1SOOO. The molecule has 16 heavy (non-hydrogen) atoms. The number of hydrogen-bond donors (Lipinski definition) is 1. The van der Waals surface area contributed by atoms with Crippen LogP contribution in [0.2, 0.25) is 0 Å². The molecular weight excluding hydrogens is 266 g/mol. The van der Waals surface area contributed by atoms with Crippen molar-refractivity contribution in [1.29, 1.82) is 0 Å². The van der Waals surface area contributed by atoms with E-state index in [1.807, 2.05) is 0 Å². The van der Waals surface area contributed by atoms with Gasteiger partial charge in [0, 0.05) is 23.6 Å². The van der Waals surface area contributed by atoms with Gasteiger partial charge >= 0.3 is 5.43 Å². The van der Waals surface area contributed by atoms with Crippen LogP contribution in [-0.4, -0.2) is 32.8 Å². The minimum atomic E-state index is -1.31. The minimum absolute atomic E-state index is 0.248. The number of rotatable bonds is 4. The molecule has 2 unspecified atom stereocenters. The zero-order valence-electron chi connectivity index (χ0n) is 7.78. The fraction of sp³-hybridized carbons (Fsp3) is 0.500. The van der Waals surface area contributed by atoms with Crippen LogP contribution in [-0.2, 0) is 23.8 Å². The molecule has 0 bridgehead atoms. The summed E-state index contributed by atoms with van der Waals surface area (Å²) in [7, 11) is 0. The van der Waals surface area contributed by atoms with Gasteiger partial charge in [-0.15, -0.1) is 4.33 Å². The van der Waals surface area contributed by atoms with Gasteiger partial charge in [0.15, 0.2) is 0 Å². The summed E-state index contributed by atoms with van der Waals surface area (Å²) in [6.07, 6.45) is 0. The molecule has 90 valence electrons. The van der Waals surface area contributed by atoms with Gasteiger partial charge in [-0.25, -0.2) is 10.1 Å². The van der Waals surface area contributed by atoms with Crippen LogP contribution in [0.3, 0.4) is 0 Å². The number of imide groups is 1. The van der Waals surface area contributed by atoms with Crippen LogP contribution in [0.5, 0.6) is 0 Å². The topological polar surface area (TPSA) is 102 Å². The lowest BCUT2D eigenvalue weighted by Gasteiger charge is -2.10. The third kappa shape index (κ3) is 2.62. The summed E-state index contributed by atoms with van der Waals surface area (Å²) in [5.41, 5.74) is -1.31. The van der Waals surface area contributed by atoms with Gasteiger partial charge in [-0.2, -0.15) is 0 Å². The molecule has 2 amide bonds. The smallest absolute Gasteiger partial charge is 0.315 e. The van der Waals surface area contributed by atoms with E-state index in [0.717, 1.165) is 0 Å². The molecule has 0 aromatic carbocycles. The molecule has 1 saturated heterocycles. The second-order valence-electron chi connectivity index (χ2n) is 2.75. The highest BCUT2D eigenvalue weighted by atomic mass is 35.5. The van der Waals surface area contributed by atoms with Crippen molar-refractivity contribution in [3.63, 3.8) is 0 Å². The minimum Gasteiger partial charge on any atom is -0.315 e. The first-order chi connectivity index (χ1) is 7.49. The highest BCUT2D eigenvalue weighted by Gasteiger charge is 2.49. The predicted octanol–water partition coefficient (Wildman–Crippen LogP) is 0.720. The summed E-state index contributed by atoms with van der Waals surface area (Å²) in [6.45, 7) is 1.42. The number of hydroxylamine groups is 2. The predicted molar refractivity (Wildman–Crippen MR) is 49.5 cm³/mol. The Morgan fingerprint density at radius 1 is 1.50 bits per heavy atom. The molecule has 1 aliphatic heterocycles. The molecule has 8 nitrogen and oxygen atoms in total. The lowest BCUT2D eigenvalue weighted by atomic mass is 10.1. The van der Waals surface area contributed by atoms with Crippen molar-refractivity contribution in [2.45, 2.75) is 12.2 Å². The quantitative estimate of drug-likeness (QED) is 0.262. The molecule has 0 aliphatic carbocycles. The second-order valence-corrected chi connectivity index (χ2v) is 3.89. The van der Waals surface area contributed by atoms with E-state index in [0.29, 0.717) is 12.0 Å². The van der Waals surface area contributed by atoms with Crippen molar-refractivity contribution in [3.05, 3.63) is 0 Å². The van der Waals surface area contributed by atoms with Crippen molar-refractivity contribution < 1.29 is 33.9 Å². The Morgan fingerprint density at radius 3 is 2.62 bits per heavy atom. The lowest BCUT2D eigenvalue weighted by Crippen LogP contribution is -2.32. The number of hydrogen-bond acceptors (Lipinski definition) is 8.